The van der Waals surface area contributed by atoms with E-state index in [1.165, 1.54) is 13.4 Å². The van der Waals surface area contributed by atoms with Gasteiger partial charge >= 0.3 is 0 Å². The third kappa shape index (κ3) is 3.34. The maximum absolute atomic E-state index is 8.29. The van der Waals surface area contributed by atoms with Crippen molar-refractivity contribution >= 4 is 0 Å². The lowest BCUT2D eigenvalue weighted by Crippen LogP contribution is -1.70. The molecule has 1 N–H and O–H groups in total. The lowest BCUT2D eigenvalue weighted by atomic mass is 10.7. The Morgan fingerprint density at radius 2 is 2.33 bits per heavy atom. The monoisotopic (exact) mass is 88.1 g/mol. The van der Waals surface area contributed by atoms with Gasteiger partial charge in [-0.2, -0.15) is 0 Å². The molecular formula is C4H8O2. The molecule has 2 nitrogen and oxygen atoms in total. The first kappa shape index (κ1) is 5.34. The number of aliphatic hydroxyl groups excluding tert-OH is 1. The number of allylic oxidation sites excluding steroid dienone is 1. The van der Waals surface area contributed by atoms with Gasteiger partial charge in [0, 0.05) is 0 Å². The number of rotatable bonds is 1. The molecule has 0 saturated carbocycles. The minimum Gasteiger partial charge on any atom is -0.509 e. The SMILES string of the molecule is CO/C=C(\C)O. The van der Waals surface area contributed by atoms with Crippen LogP contribution in [0.5, 0.6) is 0 Å². The summed E-state index contributed by atoms with van der Waals surface area (Å²) in [6.45, 7) is 1.55. The summed E-state index contributed by atoms with van der Waals surface area (Å²) >= 11 is 0. The Morgan fingerprint density at radius 1 is 1.83 bits per heavy atom. The van der Waals surface area contributed by atoms with Crippen molar-refractivity contribution in [2.45, 2.75) is 6.92 Å². The fourth-order valence-corrected chi connectivity index (χ4v) is 0.171. The molecule has 0 saturated heterocycles. The van der Waals surface area contributed by atoms with Gasteiger partial charge in [0.15, 0.2) is 0 Å². The lowest BCUT2D eigenvalue weighted by molar-refractivity contribution is 0.298. The maximum Gasteiger partial charge on any atom is 0.123 e. The van der Waals surface area contributed by atoms with E-state index in [0.717, 1.165) is 0 Å². The van der Waals surface area contributed by atoms with Crippen LogP contribution in [0.3, 0.4) is 0 Å². The highest BCUT2D eigenvalue weighted by molar-refractivity contribution is 4.75. The Morgan fingerprint density at radius 3 is 2.33 bits per heavy atom. The predicted molar refractivity (Wildman–Crippen MR) is 23.4 cm³/mol. The van der Waals surface area contributed by atoms with Gasteiger partial charge in [-0.25, -0.2) is 0 Å². The van der Waals surface area contributed by atoms with Crippen molar-refractivity contribution in [3.8, 4) is 0 Å². The van der Waals surface area contributed by atoms with Gasteiger partial charge < -0.3 is 9.84 Å². The van der Waals surface area contributed by atoms with Gasteiger partial charge in [-0.1, -0.05) is 0 Å². The molecule has 0 radical (unpaired) electrons. The number of hydrogen-bond acceptors (Lipinski definition) is 2. The van der Waals surface area contributed by atoms with Crippen LogP contribution in [0.4, 0.5) is 0 Å². The lowest BCUT2D eigenvalue weighted by Gasteiger charge is -1.84. The average molecular weight is 88.1 g/mol. The number of ether oxygens (including phenoxy) is 1. The average Bonchev–Trinajstić information content (AvgIpc) is 1.35. The molecule has 36 valence electrons. The molecule has 0 unspecified atom stereocenters. The summed E-state index contributed by atoms with van der Waals surface area (Å²) in [7, 11) is 1.49. The van der Waals surface area contributed by atoms with Crippen molar-refractivity contribution in [2.24, 2.45) is 0 Å². The van der Waals surface area contributed by atoms with Crippen LogP contribution >= 0.6 is 0 Å². The van der Waals surface area contributed by atoms with Crippen LogP contribution in [0.25, 0.3) is 0 Å². The van der Waals surface area contributed by atoms with Gasteiger partial charge in [-0.3, -0.25) is 0 Å². The molecule has 0 rings (SSSR count). The van der Waals surface area contributed by atoms with Crippen LogP contribution in [-0.2, 0) is 4.74 Å². The smallest absolute Gasteiger partial charge is 0.123 e. The standard InChI is InChI=1S/C4H8O2/c1-4(5)3-6-2/h3,5H,1-2H3/b4-3+. The molecule has 0 aromatic carbocycles. The molecule has 0 aliphatic heterocycles. The molecule has 0 aliphatic rings. The summed E-state index contributed by atoms with van der Waals surface area (Å²) in [5.41, 5.74) is 0. The minimum atomic E-state index is 0.192. The Hall–Kier alpha value is -0.660. The summed E-state index contributed by atoms with van der Waals surface area (Å²) in [4.78, 5) is 0. The second-order valence-electron chi connectivity index (χ2n) is 0.995. The Labute approximate surface area is 37.1 Å². The molecule has 0 heterocycles. The highest BCUT2D eigenvalue weighted by Crippen LogP contribution is 1.80. The van der Waals surface area contributed by atoms with Gasteiger partial charge in [0.05, 0.1) is 7.11 Å². The van der Waals surface area contributed by atoms with E-state index in [2.05, 4.69) is 4.74 Å². The predicted octanol–water partition coefficient (Wildman–Crippen LogP) is 1.05. The van der Waals surface area contributed by atoms with Gasteiger partial charge in [-0.15, -0.1) is 0 Å². The van der Waals surface area contributed by atoms with E-state index < -0.39 is 0 Å². The summed E-state index contributed by atoms with van der Waals surface area (Å²) in [5, 5.41) is 8.29. The van der Waals surface area contributed by atoms with Crippen molar-refractivity contribution in [3.05, 3.63) is 12.0 Å². The second-order valence-corrected chi connectivity index (χ2v) is 0.995. The van der Waals surface area contributed by atoms with Gasteiger partial charge in [0.1, 0.15) is 12.0 Å². The fraction of sp³-hybridized carbons (Fsp3) is 0.500. The van der Waals surface area contributed by atoms with Gasteiger partial charge in [-0.05, 0) is 6.92 Å². The van der Waals surface area contributed by atoms with E-state index in [1.807, 2.05) is 0 Å². The van der Waals surface area contributed by atoms with Crippen molar-refractivity contribution in [3.63, 3.8) is 0 Å². The van der Waals surface area contributed by atoms with Crippen LogP contribution in [0.2, 0.25) is 0 Å². The number of methoxy groups -OCH3 is 1. The third-order valence-electron chi connectivity index (χ3n) is 0.288. The summed E-state index contributed by atoms with van der Waals surface area (Å²) in [6, 6.07) is 0. The first-order chi connectivity index (χ1) is 2.77. The molecule has 6 heavy (non-hydrogen) atoms. The molecule has 0 spiro atoms. The normalized spacial score (nSPS) is 11.3. The maximum atomic E-state index is 8.29. The Bertz CT molecular complexity index is 52.6. The molecule has 0 aromatic heterocycles. The highest BCUT2D eigenvalue weighted by atomic mass is 16.5. The zero-order valence-corrected chi connectivity index (χ0v) is 3.93. The highest BCUT2D eigenvalue weighted by Gasteiger charge is 1.70. The van der Waals surface area contributed by atoms with E-state index in [9.17, 15) is 0 Å². The first-order valence-electron chi connectivity index (χ1n) is 1.66. The van der Waals surface area contributed by atoms with Crippen LogP contribution in [0.15, 0.2) is 12.0 Å². The molecule has 0 bridgehead atoms. The first-order valence-corrected chi connectivity index (χ1v) is 1.66. The van der Waals surface area contributed by atoms with E-state index in [4.69, 9.17) is 5.11 Å². The number of aliphatic hydroxyl groups is 1. The third-order valence-corrected chi connectivity index (χ3v) is 0.288. The van der Waals surface area contributed by atoms with Gasteiger partial charge in [0.2, 0.25) is 0 Å². The van der Waals surface area contributed by atoms with Gasteiger partial charge in [0.25, 0.3) is 0 Å². The minimum absolute atomic E-state index is 0.192. The molecule has 2 heteroatoms. The zero-order chi connectivity index (χ0) is 4.99. The van der Waals surface area contributed by atoms with Crippen molar-refractivity contribution < 1.29 is 9.84 Å². The molecule has 0 fully saturated rings. The molecule has 0 amide bonds. The molecule has 0 atom stereocenters. The molecule has 0 aromatic rings. The van der Waals surface area contributed by atoms with E-state index in [-0.39, 0.29) is 5.76 Å². The van der Waals surface area contributed by atoms with Crippen molar-refractivity contribution in [1.82, 2.24) is 0 Å². The Kier molecular flexibility index (Phi) is 2.29. The largest absolute Gasteiger partial charge is 0.509 e. The Balaban J connectivity index is 3.14. The van der Waals surface area contributed by atoms with Crippen LogP contribution in [0, 0.1) is 0 Å². The molecular weight excluding hydrogens is 80.0 g/mol. The molecule has 0 aliphatic carbocycles. The topological polar surface area (TPSA) is 29.5 Å². The second kappa shape index (κ2) is 2.57. The van der Waals surface area contributed by atoms with Crippen LogP contribution in [-0.4, -0.2) is 12.2 Å². The zero-order valence-electron chi connectivity index (χ0n) is 3.93. The summed E-state index contributed by atoms with van der Waals surface area (Å²) in [6.07, 6.45) is 1.26. The fourth-order valence-electron chi connectivity index (χ4n) is 0.171. The van der Waals surface area contributed by atoms with Crippen molar-refractivity contribution in [1.29, 1.82) is 0 Å². The van der Waals surface area contributed by atoms with Crippen LogP contribution in [0.1, 0.15) is 6.92 Å². The van der Waals surface area contributed by atoms with Crippen LogP contribution < -0.4 is 0 Å². The summed E-state index contributed by atoms with van der Waals surface area (Å²) in [5.74, 6) is 0.192. The summed E-state index contributed by atoms with van der Waals surface area (Å²) < 4.78 is 4.39. The number of hydrogen-bond donors (Lipinski definition) is 1. The van der Waals surface area contributed by atoms with E-state index in [0.29, 0.717) is 0 Å². The quantitative estimate of drug-likeness (QED) is 0.485. The van der Waals surface area contributed by atoms with Crippen molar-refractivity contribution in [2.75, 3.05) is 7.11 Å². The van der Waals surface area contributed by atoms with E-state index in [1.54, 1.807) is 6.92 Å². The van der Waals surface area contributed by atoms with E-state index >= 15 is 0 Å².